The number of H-pyrrole nitrogens is 1. The zero-order valence-electron chi connectivity index (χ0n) is 23.7. The molecule has 0 bridgehead atoms. The highest BCUT2D eigenvalue weighted by atomic mass is 35.5. The van der Waals surface area contributed by atoms with Crippen LogP contribution in [0.1, 0.15) is 54.4 Å². The summed E-state index contributed by atoms with van der Waals surface area (Å²) in [5.74, 6) is -3.79. The Morgan fingerprint density at radius 3 is 2.35 bits per heavy atom. The van der Waals surface area contributed by atoms with E-state index in [2.05, 4.69) is 30.9 Å². The number of aromatic amines is 1. The number of hydrogen-bond acceptors (Lipinski definition) is 6. The van der Waals surface area contributed by atoms with Gasteiger partial charge in [0.2, 0.25) is 17.7 Å². The lowest BCUT2D eigenvalue weighted by atomic mass is 9.85. The minimum atomic E-state index is -4.65. The summed E-state index contributed by atoms with van der Waals surface area (Å²) in [4.78, 5) is 36.5. The van der Waals surface area contributed by atoms with Crippen LogP contribution < -0.4 is 20.7 Å². The second-order valence-corrected chi connectivity index (χ2v) is 11.7. The quantitative estimate of drug-likeness (QED) is 0.175. The van der Waals surface area contributed by atoms with E-state index in [1.807, 2.05) is 0 Å². The Morgan fingerprint density at radius 2 is 1.74 bits per heavy atom. The van der Waals surface area contributed by atoms with E-state index in [4.69, 9.17) is 16.3 Å². The lowest BCUT2D eigenvalue weighted by Gasteiger charge is -2.30. The summed E-state index contributed by atoms with van der Waals surface area (Å²) < 4.78 is 110. The standard InChI is InChI=1S/C28H27ClF8N6O3/c29-17-6-1-13(11-38-24(45)26(7-8-26)28(35,36)37)9-18(17)40-25-41-19-10-16(23(42-21(19)43-25)46-12-20(30)31)22(44)39-15-4-2-14(3-5-15)27(32,33)34/h1,6,9-10,14-15,20H,2-5,7-8,11-12H2,(H,38,45)(H,39,44)(H2,40,41,42,43)/t14-,15-. The van der Waals surface area contributed by atoms with Crippen molar-refractivity contribution in [1.29, 1.82) is 0 Å². The molecule has 0 saturated heterocycles. The number of carbonyl (C=O) groups is 2. The van der Waals surface area contributed by atoms with Gasteiger partial charge in [0.15, 0.2) is 12.3 Å². The van der Waals surface area contributed by atoms with E-state index >= 15 is 0 Å². The first-order valence-corrected chi connectivity index (χ1v) is 14.5. The number of alkyl halides is 8. The van der Waals surface area contributed by atoms with Gasteiger partial charge in [-0.1, -0.05) is 17.7 Å². The number of carbonyl (C=O) groups excluding carboxylic acids is 2. The van der Waals surface area contributed by atoms with Gasteiger partial charge in [-0.05, 0) is 62.3 Å². The fraction of sp³-hybridized carbons (Fsp3) is 0.500. The largest absolute Gasteiger partial charge is 0.471 e. The number of aromatic nitrogens is 3. The average molecular weight is 683 g/mol. The summed E-state index contributed by atoms with van der Waals surface area (Å²) in [6, 6.07) is 5.07. The molecule has 46 heavy (non-hydrogen) atoms. The number of anilines is 2. The molecule has 2 fully saturated rings. The zero-order chi connectivity index (χ0) is 33.4. The second-order valence-electron chi connectivity index (χ2n) is 11.3. The molecule has 250 valence electrons. The maximum absolute atomic E-state index is 13.2. The highest BCUT2D eigenvalue weighted by molar-refractivity contribution is 6.33. The fourth-order valence-electron chi connectivity index (χ4n) is 5.25. The highest BCUT2D eigenvalue weighted by Gasteiger charge is 2.68. The number of nitrogens with one attached hydrogen (secondary N) is 4. The Kier molecular flexibility index (Phi) is 9.26. The van der Waals surface area contributed by atoms with Gasteiger partial charge < -0.3 is 25.7 Å². The summed E-state index contributed by atoms with van der Waals surface area (Å²) >= 11 is 6.28. The van der Waals surface area contributed by atoms with Crippen molar-refractivity contribution in [1.82, 2.24) is 25.6 Å². The number of nitrogens with zero attached hydrogens (tertiary/aromatic N) is 2. The second kappa shape index (κ2) is 12.7. The molecule has 2 saturated carbocycles. The molecule has 1 aromatic carbocycles. The average Bonchev–Trinajstić information content (AvgIpc) is 3.71. The van der Waals surface area contributed by atoms with Crippen molar-refractivity contribution in [3.63, 3.8) is 0 Å². The lowest BCUT2D eigenvalue weighted by molar-refractivity contribution is -0.192. The van der Waals surface area contributed by atoms with Crippen LogP contribution >= 0.6 is 11.6 Å². The van der Waals surface area contributed by atoms with Gasteiger partial charge in [-0.25, -0.2) is 13.8 Å². The first kappa shape index (κ1) is 33.5. The van der Waals surface area contributed by atoms with Crippen LogP contribution in [0.3, 0.4) is 0 Å². The molecule has 2 aliphatic rings. The van der Waals surface area contributed by atoms with Crippen LogP contribution in [0.25, 0.3) is 11.2 Å². The molecule has 0 unspecified atom stereocenters. The summed E-state index contributed by atoms with van der Waals surface area (Å²) in [5, 5.41) is 7.98. The SMILES string of the molecule is O=C(N[C@H]1CC[C@H](C(F)(F)F)CC1)c1cc2nc(Nc3cc(CNC(=O)C4(C(F)(F)F)CC4)ccc3Cl)[nH]c2nc1OCC(F)F. The van der Waals surface area contributed by atoms with Gasteiger partial charge in [-0.3, -0.25) is 9.59 Å². The molecule has 4 N–H and O–H groups in total. The number of ether oxygens (including phenoxy) is 1. The van der Waals surface area contributed by atoms with E-state index in [9.17, 15) is 44.7 Å². The maximum Gasteiger partial charge on any atom is 0.403 e. The van der Waals surface area contributed by atoms with Gasteiger partial charge >= 0.3 is 12.4 Å². The van der Waals surface area contributed by atoms with Crippen molar-refractivity contribution in [3.05, 3.63) is 40.4 Å². The zero-order valence-corrected chi connectivity index (χ0v) is 24.5. The van der Waals surface area contributed by atoms with Gasteiger partial charge in [0.05, 0.1) is 16.6 Å². The Labute approximate surface area is 260 Å². The summed E-state index contributed by atoms with van der Waals surface area (Å²) in [5.41, 5.74) is -1.85. The molecule has 2 aliphatic carbocycles. The molecule has 3 aromatic rings. The number of amides is 2. The number of hydrogen-bond donors (Lipinski definition) is 4. The van der Waals surface area contributed by atoms with E-state index in [1.165, 1.54) is 24.3 Å². The fourth-order valence-corrected chi connectivity index (χ4v) is 5.41. The Balaban J connectivity index is 1.31. The minimum absolute atomic E-state index is 0.0235. The summed E-state index contributed by atoms with van der Waals surface area (Å²) in [6.45, 7) is -1.30. The van der Waals surface area contributed by atoms with Crippen molar-refractivity contribution in [2.75, 3.05) is 11.9 Å². The van der Waals surface area contributed by atoms with Crippen molar-refractivity contribution < 1.29 is 49.4 Å². The predicted molar refractivity (Wildman–Crippen MR) is 149 cm³/mol. The van der Waals surface area contributed by atoms with Crippen LogP contribution in [0.2, 0.25) is 5.02 Å². The van der Waals surface area contributed by atoms with Crippen LogP contribution in [0.5, 0.6) is 5.88 Å². The summed E-state index contributed by atoms with van der Waals surface area (Å²) in [6.07, 6.45) is -12.6. The number of rotatable bonds is 10. The Bertz CT molecular complexity index is 1600. The van der Waals surface area contributed by atoms with Gasteiger partial charge in [-0.2, -0.15) is 31.3 Å². The monoisotopic (exact) mass is 682 g/mol. The maximum atomic E-state index is 13.2. The van der Waals surface area contributed by atoms with Crippen LogP contribution in [0, 0.1) is 11.3 Å². The first-order chi connectivity index (χ1) is 21.6. The third-order valence-corrected chi connectivity index (χ3v) is 8.35. The molecular weight excluding hydrogens is 656 g/mol. The van der Waals surface area contributed by atoms with Gasteiger partial charge in [0.25, 0.3) is 12.3 Å². The van der Waals surface area contributed by atoms with Crippen molar-refractivity contribution in [2.45, 2.75) is 69.9 Å². The van der Waals surface area contributed by atoms with E-state index in [-0.39, 0.29) is 78.5 Å². The number of halogens is 9. The van der Waals surface area contributed by atoms with Gasteiger partial charge in [0, 0.05) is 12.6 Å². The van der Waals surface area contributed by atoms with Crippen molar-refractivity contribution in [2.24, 2.45) is 11.3 Å². The van der Waals surface area contributed by atoms with E-state index in [0.29, 0.717) is 5.56 Å². The molecule has 5 rings (SSSR count). The topological polar surface area (TPSA) is 121 Å². The molecule has 0 spiro atoms. The van der Waals surface area contributed by atoms with Crippen LogP contribution in [0.15, 0.2) is 24.3 Å². The van der Waals surface area contributed by atoms with Crippen molar-refractivity contribution in [3.8, 4) is 5.88 Å². The third kappa shape index (κ3) is 7.39. The Hall–Kier alpha value is -3.89. The number of benzene rings is 1. The molecule has 0 radical (unpaired) electrons. The minimum Gasteiger partial charge on any atom is -0.471 e. The van der Waals surface area contributed by atoms with E-state index in [1.54, 1.807) is 0 Å². The summed E-state index contributed by atoms with van der Waals surface area (Å²) in [7, 11) is 0. The normalized spacial score (nSPS) is 19.6. The molecule has 9 nitrogen and oxygen atoms in total. The molecule has 0 aliphatic heterocycles. The molecule has 2 aromatic heterocycles. The highest BCUT2D eigenvalue weighted by Crippen LogP contribution is 2.57. The van der Waals surface area contributed by atoms with Crippen molar-refractivity contribution >= 4 is 46.2 Å². The molecule has 2 heterocycles. The van der Waals surface area contributed by atoms with E-state index < -0.39 is 60.5 Å². The lowest BCUT2D eigenvalue weighted by Crippen LogP contribution is -2.40. The molecular formula is C28H27ClF8N6O3. The van der Waals surface area contributed by atoms with Gasteiger partial charge in [-0.15, -0.1) is 0 Å². The van der Waals surface area contributed by atoms with Crippen LogP contribution in [-0.2, 0) is 11.3 Å². The van der Waals surface area contributed by atoms with Crippen LogP contribution in [-0.4, -0.2) is 58.2 Å². The number of pyridine rings is 1. The smallest absolute Gasteiger partial charge is 0.403 e. The van der Waals surface area contributed by atoms with E-state index in [0.717, 1.165) is 0 Å². The molecule has 0 atom stereocenters. The number of imidazole rings is 1. The number of fused-ring (bicyclic) bond motifs is 1. The first-order valence-electron chi connectivity index (χ1n) is 14.2. The molecule has 18 heteroatoms. The molecule has 2 amide bonds. The Morgan fingerprint density at radius 1 is 1.04 bits per heavy atom. The third-order valence-electron chi connectivity index (χ3n) is 8.02. The van der Waals surface area contributed by atoms with Crippen LogP contribution in [0.4, 0.5) is 46.8 Å². The van der Waals surface area contributed by atoms with Gasteiger partial charge in [0.1, 0.15) is 16.5 Å². The predicted octanol–water partition coefficient (Wildman–Crippen LogP) is 6.81.